The molecule has 4 rings (SSSR count). The first-order valence-corrected chi connectivity index (χ1v) is 11.2. The Bertz CT molecular complexity index is 954. The van der Waals surface area contributed by atoms with Gasteiger partial charge in [-0.1, -0.05) is 30.3 Å². The summed E-state index contributed by atoms with van der Waals surface area (Å²) in [5.74, 6) is -0.505. The molecule has 0 aromatic heterocycles. The largest absolute Gasteiger partial charge is 0.352 e. The minimum atomic E-state index is -3.68. The summed E-state index contributed by atoms with van der Waals surface area (Å²) in [6.45, 7) is 1.44. The molecule has 1 atom stereocenters. The third-order valence-corrected chi connectivity index (χ3v) is 7.29. The fourth-order valence-electron chi connectivity index (χ4n) is 3.63. The van der Waals surface area contributed by atoms with Crippen LogP contribution in [-0.4, -0.2) is 55.8 Å². The van der Waals surface area contributed by atoms with Crippen LogP contribution in [0.15, 0.2) is 59.5 Å². The molecule has 1 amide bonds. The molecule has 29 heavy (non-hydrogen) atoms. The van der Waals surface area contributed by atoms with E-state index in [0.29, 0.717) is 13.1 Å². The van der Waals surface area contributed by atoms with Gasteiger partial charge < -0.3 is 5.32 Å². The van der Waals surface area contributed by atoms with Gasteiger partial charge in [0.1, 0.15) is 11.9 Å². The number of amides is 1. The number of carbonyl (C=O) groups is 1. The average Bonchev–Trinajstić information content (AvgIpc) is 3.54. The number of halogens is 1. The van der Waals surface area contributed by atoms with Gasteiger partial charge in [-0.3, -0.25) is 9.69 Å². The molecular formula is C21H24FN3O3S. The normalized spacial score (nSPS) is 19.6. The third-order valence-electron chi connectivity index (χ3n) is 5.38. The summed E-state index contributed by atoms with van der Waals surface area (Å²) >= 11 is 0. The Morgan fingerprint density at radius 1 is 0.966 bits per heavy atom. The van der Waals surface area contributed by atoms with Crippen LogP contribution in [0.1, 0.15) is 24.4 Å². The second-order valence-corrected chi connectivity index (χ2v) is 9.43. The molecule has 6 nitrogen and oxygen atoms in total. The van der Waals surface area contributed by atoms with E-state index in [-0.39, 0.29) is 29.9 Å². The zero-order valence-electron chi connectivity index (χ0n) is 16.0. The zero-order chi connectivity index (χ0) is 20.4. The van der Waals surface area contributed by atoms with Crippen LogP contribution >= 0.6 is 0 Å². The Morgan fingerprint density at radius 3 is 2.17 bits per heavy atom. The number of hydrogen-bond acceptors (Lipinski definition) is 4. The summed E-state index contributed by atoms with van der Waals surface area (Å²) in [7, 11) is -3.68. The van der Waals surface area contributed by atoms with Gasteiger partial charge in [-0.25, -0.2) is 12.8 Å². The van der Waals surface area contributed by atoms with Gasteiger partial charge in [-0.05, 0) is 42.7 Å². The molecule has 8 heteroatoms. The molecule has 2 aromatic carbocycles. The van der Waals surface area contributed by atoms with Gasteiger partial charge in [-0.2, -0.15) is 4.31 Å². The Kier molecular flexibility index (Phi) is 5.67. The van der Waals surface area contributed by atoms with Crippen molar-refractivity contribution in [2.75, 3.05) is 26.2 Å². The number of nitrogens with one attached hydrogen (secondary N) is 1. The number of nitrogens with zero attached hydrogens (tertiary/aromatic N) is 2. The SMILES string of the molecule is O=C(NC1CC1)C(c1ccccc1)N1CCN(S(=O)(=O)c2ccc(F)cc2)CC1. The van der Waals surface area contributed by atoms with E-state index in [2.05, 4.69) is 5.32 Å². The molecule has 0 spiro atoms. The maximum absolute atomic E-state index is 13.1. The molecule has 2 fully saturated rings. The molecule has 1 saturated heterocycles. The molecule has 0 radical (unpaired) electrons. The minimum Gasteiger partial charge on any atom is -0.352 e. The Labute approximate surface area is 170 Å². The Balaban J connectivity index is 1.48. The van der Waals surface area contributed by atoms with Gasteiger partial charge in [0.05, 0.1) is 4.90 Å². The first kappa shape index (κ1) is 20.0. The van der Waals surface area contributed by atoms with Crippen LogP contribution in [-0.2, 0) is 14.8 Å². The van der Waals surface area contributed by atoms with Gasteiger partial charge in [-0.15, -0.1) is 0 Å². The van der Waals surface area contributed by atoms with E-state index in [1.807, 2.05) is 35.2 Å². The van der Waals surface area contributed by atoms with E-state index in [0.717, 1.165) is 30.5 Å². The monoisotopic (exact) mass is 417 g/mol. The third kappa shape index (κ3) is 4.49. The highest BCUT2D eigenvalue weighted by atomic mass is 32.2. The average molecular weight is 418 g/mol. The van der Waals surface area contributed by atoms with Crippen molar-refractivity contribution in [3.05, 3.63) is 66.0 Å². The van der Waals surface area contributed by atoms with Gasteiger partial charge in [0.2, 0.25) is 15.9 Å². The van der Waals surface area contributed by atoms with E-state index in [9.17, 15) is 17.6 Å². The van der Waals surface area contributed by atoms with Gasteiger partial charge >= 0.3 is 0 Å². The van der Waals surface area contributed by atoms with Gasteiger partial charge in [0.15, 0.2) is 0 Å². The van der Waals surface area contributed by atoms with E-state index in [4.69, 9.17) is 0 Å². The fourth-order valence-corrected chi connectivity index (χ4v) is 5.05. The summed E-state index contributed by atoms with van der Waals surface area (Å²) in [5.41, 5.74) is 0.903. The molecule has 1 saturated carbocycles. The fraction of sp³-hybridized carbons (Fsp3) is 0.381. The summed E-state index contributed by atoms with van der Waals surface area (Å²) in [5, 5.41) is 3.07. The molecule has 1 unspecified atom stereocenters. The van der Waals surface area contributed by atoms with Crippen molar-refractivity contribution in [2.24, 2.45) is 0 Å². The summed E-state index contributed by atoms with van der Waals surface area (Å²) in [6, 6.07) is 14.3. The van der Waals surface area contributed by atoms with Crippen LogP contribution < -0.4 is 5.32 Å². The minimum absolute atomic E-state index is 0.0338. The lowest BCUT2D eigenvalue weighted by Gasteiger charge is -2.38. The Morgan fingerprint density at radius 2 is 1.59 bits per heavy atom. The lowest BCUT2D eigenvalue weighted by atomic mass is 10.0. The molecule has 154 valence electrons. The summed E-state index contributed by atoms with van der Waals surface area (Å²) < 4.78 is 40.2. The van der Waals surface area contributed by atoms with Crippen LogP contribution in [0.5, 0.6) is 0 Å². The molecule has 2 aliphatic rings. The number of sulfonamides is 1. The van der Waals surface area contributed by atoms with Crippen molar-refractivity contribution in [3.8, 4) is 0 Å². The second-order valence-electron chi connectivity index (χ2n) is 7.49. The van der Waals surface area contributed by atoms with E-state index in [1.165, 1.54) is 16.4 Å². The summed E-state index contributed by atoms with van der Waals surface area (Å²) in [6.07, 6.45) is 2.02. The van der Waals surface area contributed by atoms with Gasteiger partial charge in [0.25, 0.3) is 0 Å². The van der Waals surface area contributed by atoms with E-state index in [1.54, 1.807) is 0 Å². The quantitative estimate of drug-likeness (QED) is 0.782. The Hall–Kier alpha value is -2.29. The maximum atomic E-state index is 13.1. The molecule has 1 N–H and O–H groups in total. The van der Waals surface area contributed by atoms with Crippen molar-refractivity contribution in [1.82, 2.24) is 14.5 Å². The highest BCUT2D eigenvalue weighted by molar-refractivity contribution is 7.89. The second kappa shape index (κ2) is 8.22. The highest BCUT2D eigenvalue weighted by Gasteiger charge is 2.36. The van der Waals surface area contributed by atoms with Crippen LogP contribution in [0.4, 0.5) is 4.39 Å². The summed E-state index contributed by atoms with van der Waals surface area (Å²) in [4.78, 5) is 15.0. The molecule has 0 bridgehead atoms. The van der Waals surface area contributed by atoms with Gasteiger partial charge in [0, 0.05) is 32.2 Å². The van der Waals surface area contributed by atoms with Crippen molar-refractivity contribution in [2.45, 2.75) is 29.8 Å². The first-order valence-electron chi connectivity index (χ1n) is 9.80. The molecule has 1 heterocycles. The predicted octanol–water partition coefficient (Wildman–Crippen LogP) is 2.15. The molecular weight excluding hydrogens is 393 g/mol. The number of piperazine rings is 1. The van der Waals surface area contributed by atoms with Crippen molar-refractivity contribution in [1.29, 1.82) is 0 Å². The molecule has 1 aliphatic heterocycles. The van der Waals surface area contributed by atoms with Crippen LogP contribution in [0.2, 0.25) is 0 Å². The zero-order valence-corrected chi connectivity index (χ0v) is 16.8. The van der Waals surface area contributed by atoms with E-state index >= 15 is 0 Å². The smallest absolute Gasteiger partial charge is 0.243 e. The molecule has 1 aliphatic carbocycles. The maximum Gasteiger partial charge on any atom is 0.243 e. The topological polar surface area (TPSA) is 69.7 Å². The number of rotatable bonds is 6. The van der Waals surface area contributed by atoms with Crippen molar-refractivity contribution < 1.29 is 17.6 Å². The van der Waals surface area contributed by atoms with Crippen LogP contribution in [0, 0.1) is 5.82 Å². The van der Waals surface area contributed by atoms with Crippen LogP contribution in [0.25, 0.3) is 0 Å². The lowest BCUT2D eigenvalue weighted by molar-refractivity contribution is -0.127. The number of benzene rings is 2. The predicted molar refractivity (Wildman–Crippen MR) is 107 cm³/mol. The van der Waals surface area contributed by atoms with Crippen molar-refractivity contribution in [3.63, 3.8) is 0 Å². The standard InChI is InChI=1S/C21H24FN3O3S/c22-17-6-10-19(11-7-17)29(27,28)25-14-12-24(13-15-25)20(16-4-2-1-3-5-16)21(26)23-18-8-9-18/h1-7,10-11,18,20H,8-9,12-15H2,(H,23,26). The highest BCUT2D eigenvalue weighted by Crippen LogP contribution is 2.27. The van der Waals surface area contributed by atoms with Crippen molar-refractivity contribution >= 4 is 15.9 Å². The van der Waals surface area contributed by atoms with E-state index < -0.39 is 21.9 Å². The first-order chi connectivity index (χ1) is 13.9. The number of hydrogen-bond donors (Lipinski definition) is 1. The number of carbonyl (C=O) groups excluding carboxylic acids is 1. The van der Waals surface area contributed by atoms with Crippen LogP contribution in [0.3, 0.4) is 0 Å². The molecule has 2 aromatic rings. The lowest BCUT2D eigenvalue weighted by Crippen LogP contribution is -2.52.